The molecule has 0 aliphatic heterocycles. The van der Waals surface area contributed by atoms with E-state index in [0.29, 0.717) is 0 Å². The molecule has 2 N–H and O–H groups in total. The van der Waals surface area contributed by atoms with Crippen molar-refractivity contribution >= 4 is 15.7 Å². The highest BCUT2D eigenvalue weighted by Crippen LogP contribution is 2.29. The van der Waals surface area contributed by atoms with Crippen LogP contribution in [-0.2, 0) is 10.0 Å². The molecule has 0 spiro atoms. The average molecular weight is 317 g/mol. The van der Waals surface area contributed by atoms with Gasteiger partial charge in [-0.3, -0.25) is 10.1 Å². The van der Waals surface area contributed by atoms with Gasteiger partial charge in [0.2, 0.25) is 10.0 Å². The molecule has 9 heteroatoms. The fraction of sp³-hybridized carbons (Fsp3) is 0.500. The predicted octanol–water partition coefficient (Wildman–Crippen LogP) is 0.880. The minimum Gasteiger partial charge on any atom is -0.490 e. The second kappa shape index (κ2) is 7.34. The SMILES string of the molecule is CCN[C@H](C)CNS(=O)(=O)c1ccc(OC)c([N+](=O)[O-])c1. The highest BCUT2D eigenvalue weighted by Gasteiger charge is 2.22. The number of hydrogen-bond donors (Lipinski definition) is 2. The number of nitrogens with one attached hydrogen (secondary N) is 2. The molecule has 0 heterocycles. The lowest BCUT2D eigenvalue weighted by molar-refractivity contribution is -0.386. The molecule has 1 aromatic rings. The number of nitro benzene ring substituents is 1. The first-order chi connectivity index (χ1) is 9.81. The lowest BCUT2D eigenvalue weighted by Gasteiger charge is -2.13. The molecule has 8 nitrogen and oxygen atoms in total. The van der Waals surface area contributed by atoms with Crippen molar-refractivity contribution in [3.63, 3.8) is 0 Å². The van der Waals surface area contributed by atoms with Crippen LogP contribution in [0.3, 0.4) is 0 Å². The van der Waals surface area contributed by atoms with Gasteiger partial charge in [0.25, 0.3) is 0 Å². The summed E-state index contributed by atoms with van der Waals surface area (Å²) in [6.45, 7) is 4.66. The Morgan fingerprint density at radius 2 is 2.10 bits per heavy atom. The van der Waals surface area contributed by atoms with Crippen molar-refractivity contribution in [2.45, 2.75) is 24.8 Å². The quantitative estimate of drug-likeness (QED) is 0.544. The molecule has 0 radical (unpaired) electrons. The van der Waals surface area contributed by atoms with Crippen molar-refractivity contribution < 1.29 is 18.1 Å². The van der Waals surface area contributed by atoms with Gasteiger partial charge in [0.05, 0.1) is 16.9 Å². The summed E-state index contributed by atoms with van der Waals surface area (Å²) >= 11 is 0. The van der Waals surface area contributed by atoms with Gasteiger partial charge < -0.3 is 10.1 Å². The molecule has 1 atom stereocenters. The van der Waals surface area contributed by atoms with Gasteiger partial charge in [-0.2, -0.15) is 0 Å². The molecule has 0 aromatic heterocycles. The van der Waals surface area contributed by atoms with E-state index in [1.165, 1.54) is 19.2 Å². The van der Waals surface area contributed by atoms with Gasteiger partial charge in [-0.1, -0.05) is 6.92 Å². The summed E-state index contributed by atoms with van der Waals surface area (Å²) in [4.78, 5) is 10.1. The van der Waals surface area contributed by atoms with E-state index in [1.54, 1.807) is 0 Å². The highest BCUT2D eigenvalue weighted by molar-refractivity contribution is 7.89. The van der Waals surface area contributed by atoms with E-state index in [4.69, 9.17) is 4.74 Å². The van der Waals surface area contributed by atoms with E-state index in [2.05, 4.69) is 10.0 Å². The molecular formula is C12H19N3O5S. The third kappa shape index (κ3) is 4.66. The summed E-state index contributed by atoms with van der Waals surface area (Å²) in [5.41, 5.74) is -0.389. The average Bonchev–Trinajstić information content (AvgIpc) is 2.44. The number of rotatable bonds is 8. The number of nitrogens with zero attached hydrogens (tertiary/aromatic N) is 1. The minimum atomic E-state index is -3.80. The van der Waals surface area contributed by atoms with Crippen LogP contribution in [0.4, 0.5) is 5.69 Å². The Bertz CT molecular complexity index is 603. The number of methoxy groups -OCH3 is 1. The lowest BCUT2D eigenvalue weighted by Crippen LogP contribution is -2.38. The Morgan fingerprint density at radius 1 is 1.43 bits per heavy atom. The second-order valence-electron chi connectivity index (χ2n) is 4.40. The smallest absolute Gasteiger partial charge is 0.312 e. The van der Waals surface area contributed by atoms with Crippen LogP contribution in [0.5, 0.6) is 5.75 Å². The largest absolute Gasteiger partial charge is 0.490 e. The molecule has 0 aliphatic rings. The van der Waals surface area contributed by atoms with Crippen molar-refractivity contribution in [2.75, 3.05) is 20.2 Å². The Morgan fingerprint density at radius 3 is 2.62 bits per heavy atom. The van der Waals surface area contributed by atoms with Gasteiger partial charge in [-0.25, -0.2) is 13.1 Å². The summed E-state index contributed by atoms with van der Waals surface area (Å²) in [7, 11) is -2.52. The maximum Gasteiger partial charge on any atom is 0.312 e. The molecule has 0 unspecified atom stereocenters. The van der Waals surface area contributed by atoms with Crippen molar-refractivity contribution in [1.29, 1.82) is 0 Å². The van der Waals surface area contributed by atoms with Crippen LogP contribution in [0.25, 0.3) is 0 Å². The molecule has 0 aliphatic carbocycles. The topological polar surface area (TPSA) is 111 Å². The van der Waals surface area contributed by atoms with E-state index < -0.39 is 14.9 Å². The molecule has 0 saturated heterocycles. The maximum absolute atomic E-state index is 12.1. The van der Waals surface area contributed by atoms with E-state index in [-0.39, 0.29) is 28.9 Å². The van der Waals surface area contributed by atoms with Gasteiger partial charge in [-0.15, -0.1) is 0 Å². The first kappa shape index (κ1) is 17.3. The highest BCUT2D eigenvalue weighted by atomic mass is 32.2. The number of likely N-dealkylation sites (N-methyl/N-ethyl adjacent to an activating group) is 1. The molecule has 1 aromatic carbocycles. The van der Waals surface area contributed by atoms with E-state index in [1.807, 2.05) is 13.8 Å². The second-order valence-corrected chi connectivity index (χ2v) is 6.17. The normalized spacial score (nSPS) is 12.9. The number of nitro groups is 1. The number of benzene rings is 1. The van der Waals surface area contributed by atoms with Crippen molar-refractivity contribution in [1.82, 2.24) is 10.0 Å². The third-order valence-electron chi connectivity index (χ3n) is 2.79. The van der Waals surface area contributed by atoms with Gasteiger partial charge in [0.1, 0.15) is 0 Å². The summed E-state index contributed by atoms with van der Waals surface area (Å²) in [6.07, 6.45) is 0. The monoisotopic (exact) mass is 317 g/mol. The van der Waals surface area contributed by atoms with Gasteiger partial charge in [-0.05, 0) is 25.6 Å². The predicted molar refractivity (Wildman–Crippen MR) is 78.0 cm³/mol. The molecule has 0 bridgehead atoms. The summed E-state index contributed by atoms with van der Waals surface area (Å²) in [5, 5.41) is 14.0. The number of hydrogen-bond acceptors (Lipinski definition) is 6. The van der Waals surface area contributed by atoms with Crippen molar-refractivity contribution in [3.05, 3.63) is 28.3 Å². The number of ether oxygens (including phenoxy) is 1. The molecule has 0 fully saturated rings. The maximum atomic E-state index is 12.1. The Kier molecular flexibility index (Phi) is 6.06. The first-order valence-electron chi connectivity index (χ1n) is 6.37. The fourth-order valence-corrected chi connectivity index (χ4v) is 2.87. The Balaban J connectivity index is 2.98. The van der Waals surface area contributed by atoms with Crippen LogP contribution in [-0.4, -0.2) is 39.6 Å². The molecule has 118 valence electrons. The standard InChI is InChI=1S/C12H19N3O5S/c1-4-13-9(2)8-14-21(18,19)10-5-6-12(20-3)11(7-10)15(16)17/h5-7,9,13-14H,4,8H2,1-3H3/t9-/m1/s1. The van der Waals surface area contributed by atoms with Crippen LogP contribution in [0.2, 0.25) is 0 Å². The molecule has 21 heavy (non-hydrogen) atoms. The van der Waals surface area contributed by atoms with Crippen LogP contribution in [0.1, 0.15) is 13.8 Å². The first-order valence-corrected chi connectivity index (χ1v) is 7.85. The van der Waals surface area contributed by atoms with Crippen LogP contribution in [0, 0.1) is 10.1 Å². The zero-order chi connectivity index (χ0) is 16.0. The van der Waals surface area contributed by atoms with Gasteiger partial charge >= 0.3 is 5.69 Å². The zero-order valence-corrected chi connectivity index (χ0v) is 12.9. The van der Waals surface area contributed by atoms with E-state index in [9.17, 15) is 18.5 Å². The molecular weight excluding hydrogens is 298 g/mol. The van der Waals surface area contributed by atoms with Crippen molar-refractivity contribution in [3.8, 4) is 5.75 Å². The number of sulfonamides is 1. The summed E-state index contributed by atoms with van der Waals surface area (Å²) in [5.74, 6) is 0.0139. The van der Waals surface area contributed by atoms with E-state index in [0.717, 1.165) is 12.6 Å². The fourth-order valence-electron chi connectivity index (χ4n) is 1.72. The van der Waals surface area contributed by atoms with Crippen molar-refractivity contribution in [2.24, 2.45) is 0 Å². The van der Waals surface area contributed by atoms with Crippen LogP contribution < -0.4 is 14.8 Å². The molecule has 0 saturated carbocycles. The summed E-state index contributed by atoms with van der Waals surface area (Å²) < 4.78 is 31.5. The van der Waals surface area contributed by atoms with Gasteiger partial charge in [0, 0.05) is 18.7 Å². The Labute approximate surface area is 123 Å². The molecule has 0 amide bonds. The lowest BCUT2D eigenvalue weighted by atomic mass is 10.3. The molecule has 1 rings (SSSR count). The zero-order valence-electron chi connectivity index (χ0n) is 12.1. The Hall–Kier alpha value is -1.71. The van der Waals surface area contributed by atoms with Crippen LogP contribution >= 0.6 is 0 Å². The van der Waals surface area contributed by atoms with Crippen LogP contribution in [0.15, 0.2) is 23.1 Å². The minimum absolute atomic E-state index is 0.0139. The van der Waals surface area contributed by atoms with Gasteiger partial charge in [0.15, 0.2) is 5.75 Å². The van der Waals surface area contributed by atoms with E-state index >= 15 is 0 Å². The third-order valence-corrected chi connectivity index (χ3v) is 4.21. The summed E-state index contributed by atoms with van der Waals surface area (Å²) in [6, 6.07) is 3.48.